The zero-order valence-electron chi connectivity index (χ0n) is 8.62. The van der Waals surface area contributed by atoms with Crippen LogP contribution in [0.5, 0.6) is 0 Å². The number of halogens is 1. The van der Waals surface area contributed by atoms with Crippen LogP contribution >= 0.6 is 12.4 Å². The van der Waals surface area contributed by atoms with E-state index in [1.54, 1.807) is 5.56 Å². The fourth-order valence-electron chi connectivity index (χ4n) is 2.01. The number of hydrogen-bond donors (Lipinski definition) is 1. The van der Waals surface area contributed by atoms with Crippen molar-refractivity contribution in [2.24, 2.45) is 5.92 Å². The Morgan fingerprint density at radius 1 is 1.29 bits per heavy atom. The van der Waals surface area contributed by atoms with Gasteiger partial charge in [-0.25, -0.2) is 0 Å². The number of benzene rings is 1. The molecule has 1 aliphatic heterocycles. The Balaban J connectivity index is 0.000000980. The molecule has 1 aliphatic rings. The maximum absolute atomic E-state index is 3.50. The predicted molar refractivity (Wildman–Crippen MR) is 62.9 cm³/mol. The largest absolute Gasteiger partial charge is 0.312 e. The van der Waals surface area contributed by atoms with Gasteiger partial charge in [-0.1, -0.05) is 37.6 Å². The van der Waals surface area contributed by atoms with E-state index in [4.69, 9.17) is 0 Å². The molecule has 2 rings (SSSR count). The monoisotopic (exact) mass is 211 g/mol. The van der Waals surface area contributed by atoms with Gasteiger partial charge in [-0.2, -0.15) is 0 Å². The first-order chi connectivity index (χ1) is 6.40. The predicted octanol–water partition coefficient (Wildman–Crippen LogP) is 2.78. The third-order valence-electron chi connectivity index (χ3n) is 2.95. The molecule has 78 valence electrons. The second-order valence-corrected chi connectivity index (χ2v) is 3.88. The summed E-state index contributed by atoms with van der Waals surface area (Å²) >= 11 is 0. The minimum atomic E-state index is 0. The summed E-state index contributed by atoms with van der Waals surface area (Å²) in [5, 5.41) is 3.50. The van der Waals surface area contributed by atoms with E-state index in [2.05, 4.69) is 36.5 Å². The molecule has 2 heteroatoms. The van der Waals surface area contributed by atoms with Crippen LogP contribution in [0.3, 0.4) is 0 Å². The molecule has 0 aromatic heterocycles. The first-order valence-corrected chi connectivity index (χ1v) is 5.17. The van der Waals surface area contributed by atoms with E-state index in [1.165, 1.54) is 24.9 Å². The van der Waals surface area contributed by atoms with Crippen molar-refractivity contribution in [1.29, 1.82) is 0 Å². The van der Waals surface area contributed by atoms with Crippen LogP contribution in [-0.4, -0.2) is 6.54 Å². The fourth-order valence-corrected chi connectivity index (χ4v) is 2.01. The maximum atomic E-state index is 3.50. The molecule has 0 fully saturated rings. The average molecular weight is 212 g/mol. The molecule has 0 bridgehead atoms. The number of hydrogen-bond acceptors (Lipinski definition) is 1. The molecule has 1 atom stereocenters. The summed E-state index contributed by atoms with van der Waals surface area (Å²) in [6, 6.07) is 8.79. The van der Waals surface area contributed by atoms with Crippen molar-refractivity contribution in [3.63, 3.8) is 0 Å². The van der Waals surface area contributed by atoms with Crippen LogP contribution in [0.1, 0.15) is 24.5 Å². The van der Waals surface area contributed by atoms with Crippen LogP contribution in [-0.2, 0) is 13.0 Å². The van der Waals surface area contributed by atoms with Crippen molar-refractivity contribution in [3.8, 4) is 0 Å². The normalized spacial score (nSPS) is 20.5. The van der Waals surface area contributed by atoms with Crippen LogP contribution < -0.4 is 5.32 Å². The first-order valence-electron chi connectivity index (χ1n) is 5.17. The second-order valence-electron chi connectivity index (χ2n) is 3.88. The highest BCUT2D eigenvalue weighted by Crippen LogP contribution is 2.18. The summed E-state index contributed by atoms with van der Waals surface area (Å²) in [5.41, 5.74) is 3.03. The van der Waals surface area contributed by atoms with Gasteiger partial charge in [-0.15, -0.1) is 12.4 Å². The smallest absolute Gasteiger partial charge is 0.0208 e. The van der Waals surface area contributed by atoms with Gasteiger partial charge in [0, 0.05) is 6.54 Å². The third kappa shape index (κ3) is 2.49. The van der Waals surface area contributed by atoms with E-state index >= 15 is 0 Å². The lowest BCUT2D eigenvalue weighted by molar-refractivity contribution is 0.477. The molecule has 0 aliphatic carbocycles. The van der Waals surface area contributed by atoms with Crippen molar-refractivity contribution in [2.75, 3.05) is 6.54 Å². The van der Waals surface area contributed by atoms with Crippen LogP contribution in [0, 0.1) is 5.92 Å². The Hall–Kier alpha value is -0.530. The minimum absolute atomic E-state index is 0. The molecule has 1 aromatic rings. The second kappa shape index (κ2) is 5.38. The summed E-state index contributed by atoms with van der Waals surface area (Å²) in [6.45, 7) is 4.50. The fraction of sp³-hybridized carbons (Fsp3) is 0.500. The molecular weight excluding hydrogens is 194 g/mol. The highest BCUT2D eigenvalue weighted by molar-refractivity contribution is 5.85. The molecule has 0 saturated heterocycles. The van der Waals surface area contributed by atoms with Gasteiger partial charge in [-0.3, -0.25) is 0 Å². The highest BCUT2D eigenvalue weighted by Gasteiger charge is 2.13. The molecular formula is C12H18ClN. The molecule has 0 amide bonds. The Labute approximate surface area is 92.3 Å². The lowest BCUT2D eigenvalue weighted by Gasteiger charge is -2.10. The molecule has 1 heterocycles. The van der Waals surface area contributed by atoms with Crippen molar-refractivity contribution in [1.82, 2.24) is 5.32 Å². The molecule has 0 spiro atoms. The summed E-state index contributed by atoms with van der Waals surface area (Å²) in [5.74, 6) is 0.823. The van der Waals surface area contributed by atoms with Gasteiger partial charge in [0.15, 0.2) is 0 Å². The minimum Gasteiger partial charge on any atom is -0.312 e. The maximum Gasteiger partial charge on any atom is 0.0208 e. The van der Waals surface area contributed by atoms with Crippen molar-refractivity contribution in [3.05, 3.63) is 35.4 Å². The van der Waals surface area contributed by atoms with E-state index in [9.17, 15) is 0 Å². The highest BCUT2D eigenvalue weighted by atomic mass is 35.5. The van der Waals surface area contributed by atoms with Gasteiger partial charge in [0.1, 0.15) is 0 Å². The third-order valence-corrected chi connectivity index (χ3v) is 2.95. The lowest BCUT2D eigenvalue weighted by atomic mass is 9.96. The molecule has 0 radical (unpaired) electrons. The van der Waals surface area contributed by atoms with Gasteiger partial charge < -0.3 is 5.32 Å². The Bertz CT molecular complexity index is 285. The van der Waals surface area contributed by atoms with E-state index in [0.29, 0.717) is 0 Å². The van der Waals surface area contributed by atoms with Crippen LogP contribution in [0.4, 0.5) is 0 Å². The van der Waals surface area contributed by atoms with E-state index in [0.717, 1.165) is 12.5 Å². The van der Waals surface area contributed by atoms with Gasteiger partial charge in [0.05, 0.1) is 0 Å². The Kier molecular flexibility index (Phi) is 4.43. The molecule has 1 aromatic carbocycles. The number of fused-ring (bicyclic) bond motifs is 1. The van der Waals surface area contributed by atoms with Gasteiger partial charge in [0.25, 0.3) is 0 Å². The van der Waals surface area contributed by atoms with E-state index in [1.807, 2.05) is 0 Å². The van der Waals surface area contributed by atoms with Crippen LogP contribution in [0.15, 0.2) is 24.3 Å². The van der Waals surface area contributed by atoms with E-state index in [-0.39, 0.29) is 12.4 Å². The summed E-state index contributed by atoms with van der Waals surface area (Å²) in [6.07, 6.45) is 2.53. The molecule has 1 N–H and O–H groups in total. The van der Waals surface area contributed by atoms with Crippen LogP contribution in [0.25, 0.3) is 0 Å². The lowest BCUT2D eigenvalue weighted by Crippen LogP contribution is -2.19. The quantitative estimate of drug-likeness (QED) is 0.754. The molecule has 14 heavy (non-hydrogen) atoms. The standard InChI is InChI=1S/C12H17N.ClH/c1-2-10-7-11-5-3-4-6-12(11)9-13-8-10;/h3-6,10,13H,2,7-9H2,1H3;1H. The first kappa shape index (κ1) is 11.5. The summed E-state index contributed by atoms with van der Waals surface area (Å²) in [4.78, 5) is 0. The topological polar surface area (TPSA) is 12.0 Å². The van der Waals surface area contributed by atoms with Gasteiger partial charge in [0.2, 0.25) is 0 Å². The summed E-state index contributed by atoms with van der Waals surface area (Å²) < 4.78 is 0. The zero-order valence-corrected chi connectivity index (χ0v) is 9.44. The molecule has 0 saturated carbocycles. The zero-order chi connectivity index (χ0) is 9.10. The van der Waals surface area contributed by atoms with Crippen LogP contribution in [0.2, 0.25) is 0 Å². The Morgan fingerprint density at radius 2 is 2.00 bits per heavy atom. The van der Waals surface area contributed by atoms with Gasteiger partial charge >= 0.3 is 0 Å². The van der Waals surface area contributed by atoms with E-state index < -0.39 is 0 Å². The SMILES string of the molecule is CCC1CNCc2ccccc2C1.Cl. The average Bonchev–Trinajstić information content (AvgIpc) is 2.38. The van der Waals surface area contributed by atoms with Crippen molar-refractivity contribution < 1.29 is 0 Å². The Morgan fingerprint density at radius 3 is 2.71 bits per heavy atom. The van der Waals surface area contributed by atoms with Gasteiger partial charge in [-0.05, 0) is 30.0 Å². The molecule has 1 nitrogen and oxygen atoms in total. The van der Waals surface area contributed by atoms with Crippen molar-refractivity contribution >= 4 is 12.4 Å². The molecule has 1 unspecified atom stereocenters. The van der Waals surface area contributed by atoms with Crippen molar-refractivity contribution in [2.45, 2.75) is 26.3 Å². The number of rotatable bonds is 1. The number of nitrogens with one attached hydrogen (secondary N) is 1. The summed E-state index contributed by atoms with van der Waals surface area (Å²) in [7, 11) is 0.